The van der Waals surface area contributed by atoms with Crippen molar-refractivity contribution >= 4 is 27.7 Å². The van der Waals surface area contributed by atoms with Gasteiger partial charge in [-0.25, -0.2) is 8.42 Å². The summed E-state index contributed by atoms with van der Waals surface area (Å²) < 4.78 is 31.4. The molecule has 1 atom stereocenters. The van der Waals surface area contributed by atoms with Crippen molar-refractivity contribution in [2.75, 3.05) is 33.0 Å². The van der Waals surface area contributed by atoms with Gasteiger partial charge in [-0.15, -0.1) is 11.8 Å². The standard InChI is InChI=1S/C15H22N2O4S2/c1-17(11-15(18)16-10-12-4-3-9-21-12)23(19,20)14-7-5-13(22-2)6-8-14/h5-8,12H,3-4,9-11H2,1-2H3,(H,16,18)/t12-/m0/s1. The molecule has 8 heteroatoms. The number of thioether (sulfide) groups is 1. The van der Waals surface area contributed by atoms with E-state index in [-0.39, 0.29) is 23.5 Å². The first-order valence-electron chi connectivity index (χ1n) is 7.42. The second kappa shape index (κ2) is 8.14. The third-order valence-electron chi connectivity index (χ3n) is 3.68. The van der Waals surface area contributed by atoms with Gasteiger partial charge in [0.25, 0.3) is 0 Å². The Hall–Kier alpha value is -1.09. The quantitative estimate of drug-likeness (QED) is 0.744. The molecule has 0 bridgehead atoms. The van der Waals surface area contributed by atoms with Crippen molar-refractivity contribution in [3.8, 4) is 0 Å². The van der Waals surface area contributed by atoms with Crippen LogP contribution < -0.4 is 5.32 Å². The Morgan fingerprint density at radius 2 is 2.09 bits per heavy atom. The first kappa shape index (κ1) is 18.3. The van der Waals surface area contributed by atoms with Gasteiger partial charge in [-0.05, 0) is 43.4 Å². The summed E-state index contributed by atoms with van der Waals surface area (Å²) in [6, 6.07) is 6.62. The third kappa shape index (κ3) is 4.94. The Kier molecular flexibility index (Phi) is 6.46. The van der Waals surface area contributed by atoms with Crippen LogP contribution in [0.25, 0.3) is 0 Å². The number of nitrogens with one attached hydrogen (secondary N) is 1. The Morgan fingerprint density at radius 1 is 1.39 bits per heavy atom. The molecule has 23 heavy (non-hydrogen) atoms. The van der Waals surface area contributed by atoms with Crippen LogP contribution in [0.3, 0.4) is 0 Å². The molecule has 1 N–H and O–H groups in total. The number of carbonyl (C=O) groups is 1. The van der Waals surface area contributed by atoms with Crippen LogP contribution in [0.15, 0.2) is 34.1 Å². The summed E-state index contributed by atoms with van der Waals surface area (Å²) in [6.07, 6.45) is 3.89. The van der Waals surface area contributed by atoms with Crippen molar-refractivity contribution in [1.82, 2.24) is 9.62 Å². The van der Waals surface area contributed by atoms with Gasteiger partial charge < -0.3 is 10.1 Å². The van der Waals surface area contributed by atoms with Crippen LogP contribution in [0.5, 0.6) is 0 Å². The zero-order valence-electron chi connectivity index (χ0n) is 13.3. The minimum Gasteiger partial charge on any atom is -0.376 e. The molecule has 1 aromatic rings. The molecule has 128 valence electrons. The van der Waals surface area contributed by atoms with Gasteiger partial charge in [0.2, 0.25) is 15.9 Å². The molecule has 0 aromatic heterocycles. The summed E-state index contributed by atoms with van der Waals surface area (Å²) in [7, 11) is -2.26. The zero-order valence-corrected chi connectivity index (χ0v) is 15.0. The summed E-state index contributed by atoms with van der Waals surface area (Å²) >= 11 is 1.54. The minimum absolute atomic E-state index is 0.0416. The lowest BCUT2D eigenvalue weighted by atomic mass is 10.2. The molecule has 1 aliphatic rings. The van der Waals surface area contributed by atoms with E-state index in [1.165, 1.54) is 7.05 Å². The zero-order chi connectivity index (χ0) is 16.9. The highest BCUT2D eigenvalue weighted by molar-refractivity contribution is 7.98. The molecule has 1 heterocycles. The number of hydrogen-bond acceptors (Lipinski definition) is 5. The van der Waals surface area contributed by atoms with Crippen LogP contribution in [0.1, 0.15) is 12.8 Å². The normalized spacial score (nSPS) is 18.3. The number of benzene rings is 1. The van der Waals surface area contributed by atoms with E-state index in [2.05, 4.69) is 5.32 Å². The number of carbonyl (C=O) groups excluding carboxylic acids is 1. The van der Waals surface area contributed by atoms with E-state index in [1.807, 2.05) is 6.26 Å². The fraction of sp³-hybridized carbons (Fsp3) is 0.533. The molecule has 0 radical (unpaired) electrons. The molecular formula is C15H22N2O4S2. The molecule has 1 aromatic carbocycles. The number of likely N-dealkylation sites (N-methyl/N-ethyl adjacent to an activating group) is 1. The molecule has 2 rings (SSSR count). The molecule has 1 fully saturated rings. The lowest BCUT2D eigenvalue weighted by Gasteiger charge is -2.18. The summed E-state index contributed by atoms with van der Waals surface area (Å²) in [5.74, 6) is -0.327. The first-order valence-corrected chi connectivity index (χ1v) is 10.1. The van der Waals surface area contributed by atoms with E-state index in [4.69, 9.17) is 4.74 Å². The summed E-state index contributed by atoms with van der Waals surface area (Å²) in [5.41, 5.74) is 0. The Balaban J connectivity index is 1.91. The van der Waals surface area contributed by atoms with Crippen molar-refractivity contribution in [3.63, 3.8) is 0 Å². The molecule has 0 saturated carbocycles. The number of ether oxygens (including phenoxy) is 1. The van der Waals surface area contributed by atoms with E-state index < -0.39 is 10.0 Å². The van der Waals surface area contributed by atoms with Gasteiger partial charge in [0.1, 0.15) is 0 Å². The second-order valence-corrected chi connectivity index (χ2v) is 8.30. The number of amides is 1. The van der Waals surface area contributed by atoms with Crippen molar-refractivity contribution < 1.29 is 17.9 Å². The van der Waals surface area contributed by atoms with Gasteiger partial charge >= 0.3 is 0 Å². The second-order valence-electron chi connectivity index (χ2n) is 5.38. The lowest BCUT2D eigenvalue weighted by molar-refractivity contribution is -0.121. The predicted molar refractivity (Wildman–Crippen MR) is 90.0 cm³/mol. The van der Waals surface area contributed by atoms with Gasteiger partial charge in [0, 0.05) is 25.1 Å². The Labute approximate surface area is 141 Å². The monoisotopic (exact) mass is 358 g/mol. The molecule has 1 saturated heterocycles. The van der Waals surface area contributed by atoms with Crippen molar-refractivity contribution in [3.05, 3.63) is 24.3 Å². The number of hydrogen-bond donors (Lipinski definition) is 1. The summed E-state index contributed by atoms with van der Waals surface area (Å²) in [4.78, 5) is 13.1. The van der Waals surface area contributed by atoms with Crippen molar-refractivity contribution in [2.45, 2.75) is 28.7 Å². The number of sulfonamides is 1. The average Bonchev–Trinajstić information content (AvgIpc) is 3.06. The SMILES string of the molecule is CSc1ccc(S(=O)(=O)N(C)CC(=O)NC[C@@H]2CCCO2)cc1. The van der Waals surface area contributed by atoms with Crippen LogP contribution in [-0.2, 0) is 19.6 Å². The highest BCUT2D eigenvalue weighted by Gasteiger charge is 2.23. The lowest BCUT2D eigenvalue weighted by Crippen LogP contribution is -2.40. The largest absolute Gasteiger partial charge is 0.376 e. The summed E-state index contributed by atoms with van der Waals surface area (Å²) in [5, 5.41) is 2.72. The first-order chi connectivity index (χ1) is 10.9. The Bertz CT molecular complexity index is 625. The van der Waals surface area contributed by atoms with E-state index >= 15 is 0 Å². The van der Waals surface area contributed by atoms with E-state index in [1.54, 1.807) is 36.0 Å². The predicted octanol–water partition coefficient (Wildman–Crippen LogP) is 1.32. The highest BCUT2D eigenvalue weighted by atomic mass is 32.2. The maximum absolute atomic E-state index is 12.4. The molecule has 1 aliphatic heterocycles. The molecular weight excluding hydrogens is 336 g/mol. The average molecular weight is 358 g/mol. The van der Waals surface area contributed by atoms with E-state index in [0.717, 1.165) is 28.6 Å². The number of nitrogens with zero attached hydrogens (tertiary/aromatic N) is 1. The highest BCUT2D eigenvalue weighted by Crippen LogP contribution is 2.19. The third-order valence-corrected chi connectivity index (χ3v) is 6.25. The fourth-order valence-corrected chi connectivity index (χ4v) is 3.84. The summed E-state index contributed by atoms with van der Waals surface area (Å²) in [6.45, 7) is 0.940. The topological polar surface area (TPSA) is 75.7 Å². The molecule has 1 amide bonds. The molecule has 0 spiro atoms. The van der Waals surface area contributed by atoms with Crippen LogP contribution in [-0.4, -0.2) is 57.7 Å². The minimum atomic E-state index is -3.66. The van der Waals surface area contributed by atoms with Crippen LogP contribution >= 0.6 is 11.8 Å². The Morgan fingerprint density at radius 3 is 2.65 bits per heavy atom. The van der Waals surface area contributed by atoms with Gasteiger partial charge in [-0.3, -0.25) is 4.79 Å². The van der Waals surface area contributed by atoms with Crippen molar-refractivity contribution in [1.29, 1.82) is 0 Å². The maximum Gasteiger partial charge on any atom is 0.243 e. The molecule has 0 unspecified atom stereocenters. The van der Waals surface area contributed by atoms with E-state index in [9.17, 15) is 13.2 Å². The van der Waals surface area contributed by atoms with Gasteiger partial charge in [0.05, 0.1) is 17.5 Å². The maximum atomic E-state index is 12.4. The van der Waals surface area contributed by atoms with Gasteiger partial charge in [-0.2, -0.15) is 4.31 Å². The smallest absolute Gasteiger partial charge is 0.243 e. The van der Waals surface area contributed by atoms with Crippen LogP contribution in [0.4, 0.5) is 0 Å². The van der Waals surface area contributed by atoms with Gasteiger partial charge in [0.15, 0.2) is 0 Å². The van der Waals surface area contributed by atoms with Gasteiger partial charge in [-0.1, -0.05) is 0 Å². The molecule has 0 aliphatic carbocycles. The van der Waals surface area contributed by atoms with Crippen LogP contribution in [0, 0.1) is 0 Å². The van der Waals surface area contributed by atoms with E-state index in [0.29, 0.717) is 6.54 Å². The van der Waals surface area contributed by atoms with Crippen molar-refractivity contribution in [2.24, 2.45) is 0 Å². The van der Waals surface area contributed by atoms with Crippen LogP contribution in [0.2, 0.25) is 0 Å². The fourth-order valence-electron chi connectivity index (χ4n) is 2.30. The molecule has 6 nitrogen and oxygen atoms in total. The number of rotatable bonds is 7.